The fourth-order valence-corrected chi connectivity index (χ4v) is 13.5. The molecule has 2 unspecified atom stereocenters. The van der Waals surface area contributed by atoms with Crippen LogP contribution in [0.3, 0.4) is 0 Å². The van der Waals surface area contributed by atoms with Gasteiger partial charge in [-0.25, -0.2) is 9.13 Å². The Kier molecular flexibility index (Phi) is 68.7. The maximum absolute atomic E-state index is 13.1. The topological polar surface area (TPSA) is 237 Å². The van der Waals surface area contributed by atoms with Gasteiger partial charge >= 0.3 is 39.5 Å². The highest BCUT2D eigenvalue weighted by molar-refractivity contribution is 7.47. The maximum Gasteiger partial charge on any atom is 0.472 e. The van der Waals surface area contributed by atoms with E-state index in [2.05, 4.69) is 34.6 Å². The Hall–Kier alpha value is -1.94. The normalized spacial score (nSPS) is 13.9. The standard InChI is InChI=1S/C77H150O17P2/c1-6-9-12-15-18-21-23-25-27-28-33-36-41-46-51-56-61-75(80)88-67-73(94-77(82)63-58-53-48-43-38-34-30-29-31-35-40-44-49-54-59-70(4)5)69-92-96(85,86)90-65-71(78)64-89-95(83,84)91-68-72(66-87-74(79)60-55-50-45-39-20-17-14-11-8-3)93-76(81)62-57-52-47-42-37-32-26-24-22-19-16-13-10-7-2/h70-73,78H,6-69H2,1-5H3,(H,83,84)(H,85,86)/t71-,72+,73+/m0/s1. The Morgan fingerprint density at radius 1 is 0.281 bits per heavy atom. The molecule has 0 aromatic carbocycles. The Labute approximate surface area is 588 Å². The zero-order valence-corrected chi connectivity index (χ0v) is 64.3. The zero-order valence-electron chi connectivity index (χ0n) is 62.5. The third-order valence-corrected chi connectivity index (χ3v) is 19.9. The quantitative estimate of drug-likeness (QED) is 0.0222. The number of esters is 4. The molecule has 0 aromatic heterocycles. The molecule has 3 N–H and O–H groups in total. The summed E-state index contributed by atoms with van der Waals surface area (Å²) in [7, 11) is -9.91. The van der Waals surface area contributed by atoms with E-state index in [1.165, 1.54) is 231 Å². The molecular formula is C77H150O17P2. The molecule has 0 rings (SSSR count). The van der Waals surface area contributed by atoms with Crippen LogP contribution < -0.4 is 0 Å². The summed E-state index contributed by atoms with van der Waals surface area (Å²) >= 11 is 0. The molecule has 0 saturated heterocycles. The average molecular weight is 1410 g/mol. The van der Waals surface area contributed by atoms with Crippen LogP contribution >= 0.6 is 15.6 Å². The number of aliphatic hydroxyl groups is 1. The van der Waals surface area contributed by atoms with Crippen molar-refractivity contribution in [2.75, 3.05) is 39.6 Å². The minimum absolute atomic E-state index is 0.108. The van der Waals surface area contributed by atoms with E-state index in [4.69, 9.17) is 37.0 Å². The fourth-order valence-electron chi connectivity index (χ4n) is 11.9. The first-order chi connectivity index (χ1) is 46.5. The molecule has 0 aliphatic carbocycles. The second kappa shape index (κ2) is 70.1. The third kappa shape index (κ3) is 70.5. The van der Waals surface area contributed by atoms with Crippen molar-refractivity contribution in [2.24, 2.45) is 5.92 Å². The number of phosphoric ester groups is 2. The van der Waals surface area contributed by atoms with Crippen molar-refractivity contribution < 1.29 is 80.2 Å². The summed E-state index contributed by atoms with van der Waals surface area (Å²) in [6.07, 6.45) is 59.5. The van der Waals surface area contributed by atoms with Crippen LogP contribution in [0, 0.1) is 5.92 Å². The number of phosphoric acid groups is 2. The van der Waals surface area contributed by atoms with E-state index in [9.17, 15) is 43.2 Å². The lowest BCUT2D eigenvalue weighted by Gasteiger charge is -2.21. The van der Waals surface area contributed by atoms with E-state index >= 15 is 0 Å². The summed E-state index contributed by atoms with van der Waals surface area (Å²) in [6.45, 7) is 7.32. The molecule has 19 heteroatoms. The van der Waals surface area contributed by atoms with Gasteiger partial charge in [-0.3, -0.25) is 37.3 Å². The van der Waals surface area contributed by atoms with E-state index in [-0.39, 0.29) is 25.7 Å². The highest BCUT2D eigenvalue weighted by atomic mass is 31.2. The van der Waals surface area contributed by atoms with Crippen LogP contribution in [0.25, 0.3) is 0 Å². The monoisotopic (exact) mass is 1410 g/mol. The molecule has 0 aliphatic rings. The van der Waals surface area contributed by atoms with Gasteiger partial charge in [-0.05, 0) is 31.6 Å². The van der Waals surface area contributed by atoms with Crippen molar-refractivity contribution >= 4 is 39.5 Å². The van der Waals surface area contributed by atoms with Crippen molar-refractivity contribution in [2.45, 2.75) is 425 Å². The summed E-state index contributed by atoms with van der Waals surface area (Å²) in [5, 5.41) is 10.6. The van der Waals surface area contributed by atoms with Crippen molar-refractivity contribution in [1.82, 2.24) is 0 Å². The van der Waals surface area contributed by atoms with Crippen LogP contribution in [0.4, 0.5) is 0 Å². The Bertz CT molecular complexity index is 1840. The van der Waals surface area contributed by atoms with Gasteiger partial charge in [0, 0.05) is 25.7 Å². The molecule has 5 atom stereocenters. The molecular weight excluding hydrogens is 1260 g/mol. The molecule has 0 radical (unpaired) electrons. The summed E-state index contributed by atoms with van der Waals surface area (Å²) in [5.74, 6) is -1.32. The van der Waals surface area contributed by atoms with E-state index in [1.54, 1.807) is 0 Å². The molecule has 96 heavy (non-hydrogen) atoms. The van der Waals surface area contributed by atoms with Gasteiger partial charge in [0.1, 0.15) is 19.3 Å². The number of unbranched alkanes of at least 4 members (excludes halogenated alkanes) is 49. The number of ether oxygens (including phenoxy) is 4. The summed E-state index contributed by atoms with van der Waals surface area (Å²) in [4.78, 5) is 72.8. The molecule has 0 aromatic rings. The molecule has 17 nitrogen and oxygen atoms in total. The first-order valence-corrected chi connectivity index (χ1v) is 43.1. The van der Waals surface area contributed by atoms with Gasteiger partial charge in [-0.1, -0.05) is 356 Å². The van der Waals surface area contributed by atoms with Gasteiger partial charge in [0.05, 0.1) is 26.4 Å². The molecule has 0 fully saturated rings. The highest BCUT2D eigenvalue weighted by Gasteiger charge is 2.30. The van der Waals surface area contributed by atoms with Crippen LogP contribution in [-0.2, 0) is 65.4 Å². The zero-order chi connectivity index (χ0) is 70.5. The molecule has 0 saturated carbocycles. The van der Waals surface area contributed by atoms with Crippen LogP contribution in [0.2, 0.25) is 0 Å². The first kappa shape index (κ1) is 94.1. The number of hydrogen-bond donors (Lipinski definition) is 3. The van der Waals surface area contributed by atoms with Gasteiger partial charge in [0.2, 0.25) is 0 Å². The van der Waals surface area contributed by atoms with E-state index in [1.807, 2.05) is 0 Å². The molecule has 0 amide bonds. The lowest BCUT2D eigenvalue weighted by molar-refractivity contribution is -0.161. The minimum Gasteiger partial charge on any atom is -0.462 e. The molecule has 0 spiro atoms. The number of carbonyl (C=O) groups is 4. The van der Waals surface area contributed by atoms with Gasteiger partial charge < -0.3 is 33.8 Å². The van der Waals surface area contributed by atoms with Crippen molar-refractivity contribution in [1.29, 1.82) is 0 Å². The third-order valence-electron chi connectivity index (χ3n) is 18.0. The lowest BCUT2D eigenvalue weighted by Crippen LogP contribution is -2.30. The van der Waals surface area contributed by atoms with Gasteiger partial charge in [0.25, 0.3) is 0 Å². The van der Waals surface area contributed by atoms with Crippen molar-refractivity contribution in [3.05, 3.63) is 0 Å². The Balaban J connectivity index is 5.23. The predicted octanol–water partition coefficient (Wildman–Crippen LogP) is 22.9. The van der Waals surface area contributed by atoms with Crippen LogP contribution in [-0.4, -0.2) is 96.7 Å². The van der Waals surface area contributed by atoms with Crippen molar-refractivity contribution in [3.63, 3.8) is 0 Å². The molecule has 0 heterocycles. The highest BCUT2D eigenvalue weighted by Crippen LogP contribution is 2.45. The molecule has 0 aliphatic heterocycles. The lowest BCUT2D eigenvalue weighted by atomic mass is 10.0. The maximum atomic E-state index is 13.1. The number of aliphatic hydroxyl groups excluding tert-OH is 1. The minimum atomic E-state index is -4.96. The van der Waals surface area contributed by atoms with Crippen LogP contribution in [0.1, 0.15) is 407 Å². The van der Waals surface area contributed by atoms with Gasteiger partial charge in [-0.2, -0.15) is 0 Å². The number of hydrogen-bond acceptors (Lipinski definition) is 15. The predicted molar refractivity (Wildman–Crippen MR) is 391 cm³/mol. The second-order valence-corrected chi connectivity index (χ2v) is 31.1. The second-order valence-electron chi connectivity index (χ2n) is 28.2. The van der Waals surface area contributed by atoms with Crippen molar-refractivity contribution in [3.8, 4) is 0 Å². The largest absolute Gasteiger partial charge is 0.472 e. The SMILES string of the molecule is CCCCCCCCCCCCCCCCCCC(=O)OC[C@H](COP(=O)(O)OC[C@@H](O)COP(=O)(O)OC[C@@H](COC(=O)CCCCCCCCCCC)OC(=O)CCCCCCCCCCCCCCCC)OC(=O)CCCCCCCCCCCCCCCCC(C)C. The Morgan fingerprint density at radius 2 is 0.479 bits per heavy atom. The first-order valence-electron chi connectivity index (χ1n) is 40.1. The number of carbonyl (C=O) groups excluding carboxylic acids is 4. The van der Waals surface area contributed by atoms with E-state index in [0.717, 1.165) is 95.8 Å². The molecule has 0 bridgehead atoms. The summed E-state index contributed by atoms with van der Waals surface area (Å²) in [5.41, 5.74) is 0. The fraction of sp³-hybridized carbons (Fsp3) is 0.948. The van der Waals surface area contributed by atoms with E-state index < -0.39 is 97.5 Å². The van der Waals surface area contributed by atoms with Gasteiger partial charge in [0.15, 0.2) is 12.2 Å². The smallest absolute Gasteiger partial charge is 0.462 e. The van der Waals surface area contributed by atoms with Crippen LogP contribution in [0.15, 0.2) is 0 Å². The summed E-state index contributed by atoms with van der Waals surface area (Å²) < 4.78 is 68.6. The summed E-state index contributed by atoms with van der Waals surface area (Å²) in [6, 6.07) is 0. The average Bonchev–Trinajstić information content (AvgIpc) is 1.28. The van der Waals surface area contributed by atoms with Gasteiger partial charge in [-0.15, -0.1) is 0 Å². The number of rotatable bonds is 77. The van der Waals surface area contributed by atoms with Crippen LogP contribution in [0.5, 0.6) is 0 Å². The van der Waals surface area contributed by atoms with E-state index in [0.29, 0.717) is 25.7 Å². The Morgan fingerprint density at radius 3 is 0.708 bits per heavy atom. The molecule has 570 valence electrons.